The number of rotatable bonds is 7. The predicted octanol–water partition coefficient (Wildman–Crippen LogP) is 15.2. The number of thiophene rings is 1. The van der Waals surface area contributed by atoms with Gasteiger partial charge in [0, 0.05) is 43.9 Å². The van der Waals surface area contributed by atoms with E-state index >= 15 is 0 Å². The normalized spacial score (nSPS) is 19.8. The fourth-order valence-corrected chi connectivity index (χ4v) is 12.9. The van der Waals surface area contributed by atoms with Gasteiger partial charge in [0.25, 0.3) is 0 Å². The molecule has 0 fully saturated rings. The Balaban J connectivity index is 1.34. The smallest absolute Gasteiger partial charge is 0.0955 e. The van der Waals surface area contributed by atoms with E-state index in [9.17, 15) is 0 Å². The Bertz CT molecular complexity index is 2820. The first-order valence-corrected chi connectivity index (χ1v) is 26.5. The molecule has 0 saturated heterocycles. The molecular weight excluding hydrogens is 825 g/mol. The first-order chi connectivity index (χ1) is 30.9. The number of fused-ring (bicyclic) bond motifs is 4. The second kappa shape index (κ2) is 15.7. The minimum atomic E-state index is -0.118. The third-order valence-corrected chi connectivity index (χ3v) is 18.2. The Morgan fingerprint density at radius 2 is 0.791 bits per heavy atom. The summed E-state index contributed by atoms with van der Waals surface area (Å²) >= 11 is 1.90. The van der Waals surface area contributed by atoms with Gasteiger partial charge in [-0.3, -0.25) is 0 Å². The van der Waals surface area contributed by atoms with Gasteiger partial charge in [-0.2, -0.15) is 0 Å². The van der Waals surface area contributed by atoms with Crippen LogP contribution in [0.5, 0.6) is 0 Å². The first kappa shape index (κ1) is 47.9. The maximum atomic E-state index is 2.61. The van der Waals surface area contributed by atoms with E-state index in [-0.39, 0.29) is 43.0 Å². The molecule has 6 heteroatoms. The predicted molar refractivity (Wildman–Crippen MR) is 303 cm³/mol. The summed E-state index contributed by atoms with van der Waals surface area (Å²) in [6, 6.07) is 37.0. The van der Waals surface area contributed by atoms with E-state index in [0.717, 1.165) is 0 Å². The molecule has 0 N–H and O–H groups in total. The lowest BCUT2D eigenvalue weighted by molar-refractivity contribution is 0.332. The van der Waals surface area contributed by atoms with Crippen LogP contribution in [0.2, 0.25) is 0 Å². The number of nitrogens with zero attached hydrogens (tertiary/aromatic N) is 2. The van der Waals surface area contributed by atoms with Crippen molar-refractivity contribution in [2.45, 2.75) is 185 Å². The van der Waals surface area contributed by atoms with Crippen LogP contribution in [0.3, 0.4) is 0 Å². The van der Waals surface area contributed by atoms with Crippen LogP contribution in [0.4, 0.5) is 34.1 Å². The van der Waals surface area contributed by atoms with E-state index in [0.29, 0.717) is 0 Å². The molecule has 9 rings (SSSR count). The largest absolute Gasteiger partial charge is 0.310 e. The number of anilines is 6. The summed E-state index contributed by atoms with van der Waals surface area (Å²) in [5.74, 6) is 0. The molecule has 0 unspecified atom stereocenters. The summed E-state index contributed by atoms with van der Waals surface area (Å²) in [7, 11) is 7.14. The monoisotopic (exact) mass is 905 g/mol. The standard InChI is InChI=1S/C61H79B3N2S/c1-54(2,3)38-16-18-40(19-17-38)66(52-37-67-53-36-51-50(35-45(52)53)59(12,13)28-29-60(51,14)15)44-31-39(61(62,63)64)30-43(32-44)65(41-20-22-46-48(33-41)57(8,9)26-24-55(46,4)5)42-21-23-47-49(34-42)58(10,11)27-25-56(47,6)7/h16-23,30-37H,24-29,62-64H2,1-15H3. The lowest BCUT2D eigenvalue weighted by atomic mass is 9.40. The highest BCUT2D eigenvalue weighted by molar-refractivity contribution is 7.17. The van der Waals surface area contributed by atoms with Crippen molar-refractivity contribution in [2.75, 3.05) is 9.80 Å². The van der Waals surface area contributed by atoms with Crippen LogP contribution in [0.25, 0.3) is 10.1 Å². The zero-order valence-corrected chi connectivity index (χ0v) is 45.6. The Kier molecular flexibility index (Phi) is 11.2. The summed E-state index contributed by atoms with van der Waals surface area (Å²) in [6.07, 6.45) is 7.16. The highest BCUT2D eigenvalue weighted by atomic mass is 32.1. The third kappa shape index (κ3) is 8.46. The van der Waals surface area contributed by atoms with Gasteiger partial charge >= 0.3 is 0 Å². The van der Waals surface area contributed by atoms with Crippen LogP contribution in [-0.4, -0.2) is 23.5 Å². The van der Waals surface area contributed by atoms with E-state index in [1.54, 1.807) is 0 Å². The van der Waals surface area contributed by atoms with Crippen LogP contribution in [0.1, 0.15) is 187 Å². The zero-order valence-electron chi connectivity index (χ0n) is 44.8. The van der Waals surface area contributed by atoms with Crippen molar-refractivity contribution in [3.05, 3.63) is 141 Å². The van der Waals surface area contributed by atoms with E-state index in [2.05, 4.69) is 234 Å². The van der Waals surface area contributed by atoms with Gasteiger partial charge in [-0.05, 0) is 182 Å². The molecule has 0 amide bonds. The molecule has 0 saturated carbocycles. The van der Waals surface area contributed by atoms with Crippen LogP contribution in [0.15, 0.2) is 96.4 Å². The van der Waals surface area contributed by atoms with Crippen LogP contribution in [-0.2, 0) is 43.0 Å². The molecule has 0 spiro atoms. The van der Waals surface area contributed by atoms with Gasteiger partial charge in [-0.25, -0.2) is 0 Å². The Morgan fingerprint density at radius 1 is 0.403 bits per heavy atom. The molecule has 5 aromatic carbocycles. The second-order valence-electron chi connectivity index (χ2n) is 27.2. The summed E-state index contributed by atoms with van der Waals surface area (Å²) in [5.41, 5.74) is 19.6. The number of hydrogen-bond donors (Lipinski definition) is 0. The molecule has 67 heavy (non-hydrogen) atoms. The van der Waals surface area contributed by atoms with E-state index in [1.807, 2.05) is 11.3 Å². The average Bonchev–Trinajstić information content (AvgIpc) is 3.65. The minimum Gasteiger partial charge on any atom is -0.310 e. The molecule has 0 atom stereocenters. The quantitative estimate of drug-likeness (QED) is 0.147. The molecule has 1 heterocycles. The Hall–Kier alpha value is -4.15. The number of benzene rings is 5. The molecule has 6 aromatic rings. The van der Waals surface area contributed by atoms with Crippen LogP contribution in [0, 0.1) is 0 Å². The molecule has 0 radical (unpaired) electrons. The van der Waals surface area contributed by atoms with Crippen molar-refractivity contribution < 1.29 is 0 Å². The van der Waals surface area contributed by atoms with Crippen molar-refractivity contribution in [1.29, 1.82) is 0 Å². The van der Waals surface area contributed by atoms with Crippen LogP contribution >= 0.6 is 11.3 Å². The summed E-state index contributed by atoms with van der Waals surface area (Å²) in [5, 5.41) is 3.66. The highest BCUT2D eigenvalue weighted by Crippen LogP contribution is 2.54. The minimum absolute atomic E-state index is 0.0486. The van der Waals surface area contributed by atoms with Crippen LogP contribution < -0.4 is 9.80 Å². The Morgan fingerprint density at radius 3 is 1.22 bits per heavy atom. The van der Waals surface area contributed by atoms with Gasteiger partial charge in [0.2, 0.25) is 0 Å². The summed E-state index contributed by atoms with van der Waals surface area (Å²) in [4.78, 5) is 5.20. The first-order valence-electron chi connectivity index (χ1n) is 25.6. The highest BCUT2D eigenvalue weighted by Gasteiger charge is 2.41. The van der Waals surface area contributed by atoms with Crippen molar-refractivity contribution in [1.82, 2.24) is 0 Å². The Labute approximate surface area is 413 Å². The maximum Gasteiger partial charge on any atom is 0.0955 e. The average molecular weight is 905 g/mol. The van der Waals surface area contributed by atoms with Crippen molar-refractivity contribution in [2.24, 2.45) is 0 Å². The summed E-state index contributed by atoms with van der Waals surface area (Å²) in [6.45, 7) is 36.4. The van der Waals surface area contributed by atoms with Gasteiger partial charge in [0.1, 0.15) is 0 Å². The number of hydrogen-bond acceptors (Lipinski definition) is 3. The molecule has 2 nitrogen and oxygen atoms in total. The van der Waals surface area contributed by atoms with Gasteiger partial charge in [-0.1, -0.05) is 139 Å². The molecule has 0 aliphatic heterocycles. The molecule has 1 aromatic heterocycles. The van der Waals surface area contributed by atoms with Gasteiger partial charge < -0.3 is 9.80 Å². The van der Waals surface area contributed by atoms with Crippen molar-refractivity contribution >= 4 is 79.1 Å². The van der Waals surface area contributed by atoms with E-state index in [4.69, 9.17) is 0 Å². The third-order valence-electron chi connectivity index (χ3n) is 17.2. The SMILES string of the molecule is BC(B)(B)c1cc(N(c2ccc3c(c2)C(C)(C)CCC3(C)C)c2ccc3c(c2)C(C)(C)CCC3(C)C)cc(N(c2ccc(C(C)(C)C)cc2)c2csc3cc4c(cc23)C(C)(C)CCC4(C)C)c1. The fraction of sp³-hybridized carbons (Fsp3) is 0.475. The topological polar surface area (TPSA) is 6.48 Å². The van der Waals surface area contributed by atoms with E-state index < -0.39 is 0 Å². The molecule has 3 aliphatic rings. The molecule has 3 aliphatic carbocycles. The van der Waals surface area contributed by atoms with E-state index in [1.165, 1.54) is 127 Å². The lowest BCUT2D eigenvalue weighted by Gasteiger charge is -2.43. The van der Waals surface area contributed by atoms with Gasteiger partial charge in [-0.15, -0.1) is 11.3 Å². The molecule has 348 valence electrons. The second-order valence-corrected chi connectivity index (χ2v) is 28.1. The van der Waals surface area contributed by atoms with Gasteiger partial charge in [0.05, 0.1) is 29.2 Å². The lowest BCUT2D eigenvalue weighted by Crippen LogP contribution is -2.34. The maximum absolute atomic E-state index is 2.61. The molecule has 0 bridgehead atoms. The molecular formula is C61H79B3N2S. The zero-order chi connectivity index (χ0) is 48.7. The van der Waals surface area contributed by atoms with Crippen molar-refractivity contribution in [3.63, 3.8) is 0 Å². The fourth-order valence-electron chi connectivity index (χ4n) is 12.0. The van der Waals surface area contributed by atoms with Crippen molar-refractivity contribution in [3.8, 4) is 0 Å². The van der Waals surface area contributed by atoms with Gasteiger partial charge in [0.15, 0.2) is 0 Å². The summed E-state index contributed by atoms with van der Waals surface area (Å²) < 4.78 is 1.36.